The molecule has 1 aliphatic heterocycles. The highest BCUT2D eigenvalue weighted by Gasteiger charge is 2.38. The Bertz CT molecular complexity index is 583. The van der Waals surface area contributed by atoms with Gasteiger partial charge >= 0.3 is 11.8 Å². The number of amides is 2. The van der Waals surface area contributed by atoms with E-state index in [-0.39, 0.29) is 17.1 Å². The van der Waals surface area contributed by atoms with E-state index in [2.05, 4.69) is 64.6 Å². The maximum Gasteiger partial charge on any atom is 0.314 e. The van der Waals surface area contributed by atoms with Crippen LogP contribution in [0.2, 0.25) is 0 Å². The molecule has 1 fully saturated rings. The number of hydrogen-bond acceptors (Lipinski definition) is 4. The molecule has 1 saturated heterocycles. The SMILES string of the molecule is CC1(C)CC(NC(=O)C(=O)Nc2ccc(Br)cn2)CC(C)(C)N1. The average molecular weight is 383 g/mol. The molecule has 3 N–H and O–H groups in total. The van der Waals surface area contributed by atoms with Gasteiger partial charge in [-0.3, -0.25) is 9.59 Å². The van der Waals surface area contributed by atoms with Crippen LogP contribution in [0.1, 0.15) is 40.5 Å². The molecule has 0 saturated carbocycles. The van der Waals surface area contributed by atoms with Crippen LogP contribution in [-0.2, 0) is 9.59 Å². The Hall–Kier alpha value is -1.47. The van der Waals surface area contributed by atoms with E-state index in [0.29, 0.717) is 5.82 Å². The highest BCUT2D eigenvalue weighted by molar-refractivity contribution is 9.10. The molecule has 23 heavy (non-hydrogen) atoms. The Kier molecular flexibility index (Phi) is 5.10. The van der Waals surface area contributed by atoms with Crippen LogP contribution >= 0.6 is 15.9 Å². The summed E-state index contributed by atoms with van der Waals surface area (Å²) in [5.41, 5.74) is -0.188. The van der Waals surface area contributed by atoms with Crippen LogP contribution in [0.3, 0.4) is 0 Å². The van der Waals surface area contributed by atoms with Gasteiger partial charge in [-0.25, -0.2) is 4.98 Å². The fourth-order valence-corrected chi connectivity index (χ4v) is 3.53. The molecular formula is C16H23BrN4O2. The van der Waals surface area contributed by atoms with Gasteiger partial charge in [-0.2, -0.15) is 0 Å². The number of halogens is 1. The topological polar surface area (TPSA) is 83.1 Å². The van der Waals surface area contributed by atoms with E-state index in [1.54, 1.807) is 18.3 Å². The van der Waals surface area contributed by atoms with Gasteiger partial charge in [0.2, 0.25) is 0 Å². The van der Waals surface area contributed by atoms with Gasteiger partial charge in [-0.05, 0) is 68.6 Å². The van der Waals surface area contributed by atoms with Crippen molar-refractivity contribution in [3.8, 4) is 0 Å². The fourth-order valence-electron chi connectivity index (χ4n) is 3.30. The Morgan fingerprint density at radius 1 is 1.17 bits per heavy atom. The molecule has 0 bridgehead atoms. The number of aromatic nitrogens is 1. The smallest absolute Gasteiger partial charge is 0.314 e. The summed E-state index contributed by atoms with van der Waals surface area (Å²) in [4.78, 5) is 28.2. The van der Waals surface area contributed by atoms with Crippen LogP contribution in [0.5, 0.6) is 0 Å². The lowest BCUT2D eigenvalue weighted by molar-refractivity contribution is -0.137. The molecule has 1 aromatic rings. The van der Waals surface area contributed by atoms with Crippen molar-refractivity contribution in [2.75, 3.05) is 5.32 Å². The van der Waals surface area contributed by atoms with Crippen LogP contribution < -0.4 is 16.0 Å². The van der Waals surface area contributed by atoms with E-state index in [1.807, 2.05) is 0 Å². The Labute approximate surface area is 144 Å². The minimum Gasteiger partial charge on any atom is -0.345 e. The van der Waals surface area contributed by atoms with Crippen LogP contribution in [0.4, 0.5) is 5.82 Å². The van der Waals surface area contributed by atoms with Crippen molar-refractivity contribution in [2.45, 2.75) is 57.7 Å². The number of pyridine rings is 1. The van der Waals surface area contributed by atoms with Gasteiger partial charge in [0.05, 0.1) is 0 Å². The third-order valence-electron chi connectivity index (χ3n) is 3.70. The maximum absolute atomic E-state index is 12.1. The molecule has 0 spiro atoms. The molecule has 0 unspecified atom stereocenters. The van der Waals surface area contributed by atoms with Gasteiger partial charge in [-0.15, -0.1) is 0 Å². The van der Waals surface area contributed by atoms with E-state index in [1.165, 1.54) is 0 Å². The van der Waals surface area contributed by atoms with Crippen LogP contribution in [-0.4, -0.2) is 33.9 Å². The zero-order valence-electron chi connectivity index (χ0n) is 13.9. The summed E-state index contributed by atoms with van der Waals surface area (Å²) in [7, 11) is 0. The Morgan fingerprint density at radius 2 is 1.78 bits per heavy atom. The highest BCUT2D eigenvalue weighted by atomic mass is 79.9. The molecule has 0 aromatic carbocycles. The lowest BCUT2D eigenvalue weighted by Crippen LogP contribution is -2.62. The third kappa shape index (κ3) is 5.28. The fraction of sp³-hybridized carbons (Fsp3) is 0.562. The number of hydrogen-bond donors (Lipinski definition) is 3. The minimum absolute atomic E-state index is 0.0441. The van der Waals surface area contributed by atoms with Gasteiger partial charge in [0, 0.05) is 27.8 Å². The Morgan fingerprint density at radius 3 is 2.30 bits per heavy atom. The first-order chi connectivity index (χ1) is 10.6. The van der Waals surface area contributed by atoms with Crippen molar-refractivity contribution >= 4 is 33.6 Å². The molecule has 6 nitrogen and oxygen atoms in total. The first-order valence-electron chi connectivity index (χ1n) is 7.59. The molecule has 126 valence electrons. The van der Waals surface area contributed by atoms with E-state index in [0.717, 1.165) is 17.3 Å². The quantitative estimate of drug-likeness (QED) is 0.684. The van der Waals surface area contributed by atoms with Crippen LogP contribution in [0.25, 0.3) is 0 Å². The molecule has 0 atom stereocenters. The second-order valence-electron chi connectivity index (χ2n) is 7.29. The molecule has 1 aromatic heterocycles. The van der Waals surface area contributed by atoms with Gasteiger partial charge in [0.1, 0.15) is 5.82 Å². The summed E-state index contributed by atoms with van der Waals surface area (Å²) in [5, 5.41) is 8.88. The normalized spacial score (nSPS) is 19.9. The predicted molar refractivity (Wildman–Crippen MR) is 93.0 cm³/mol. The number of carbonyl (C=O) groups excluding carboxylic acids is 2. The van der Waals surface area contributed by atoms with Crippen LogP contribution in [0.15, 0.2) is 22.8 Å². The number of carbonyl (C=O) groups is 2. The molecular weight excluding hydrogens is 360 g/mol. The monoisotopic (exact) mass is 382 g/mol. The van der Waals surface area contributed by atoms with Crippen molar-refractivity contribution < 1.29 is 9.59 Å². The number of anilines is 1. The molecule has 2 rings (SSSR count). The molecule has 2 amide bonds. The summed E-state index contributed by atoms with van der Waals surface area (Å²) < 4.78 is 0.805. The highest BCUT2D eigenvalue weighted by Crippen LogP contribution is 2.28. The number of nitrogens with one attached hydrogen (secondary N) is 3. The second kappa shape index (κ2) is 6.57. The van der Waals surface area contributed by atoms with Crippen molar-refractivity contribution in [2.24, 2.45) is 0 Å². The maximum atomic E-state index is 12.1. The summed E-state index contributed by atoms with van der Waals surface area (Å²) in [6, 6.07) is 3.34. The largest absolute Gasteiger partial charge is 0.345 e. The van der Waals surface area contributed by atoms with Crippen molar-refractivity contribution in [1.82, 2.24) is 15.6 Å². The molecule has 7 heteroatoms. The summed E-state index contributed by atoms with van der Waals surface area (Å²) in [5.74, 6) is -0.985. The van der Waals surface area contributed by atoms with Crippen molar-refractivity contribution in [3.63, 3.8) is 0 Å². The molecule has 0 aliphatic carbocycles. The number of piperidine rings is 1. The van der Waals surface area contributed by atoms with Crippen molar-refractivity contribution in [1.29, 1.82) is 0 Å². The molecule has 2 heterocycles. The summed E-state index contributed by atoms with van der Waals surface area (Å²) >= 11 is 3.27. The predicted octanol–water partition coefficient (Wildman–Crippen LogP) is 2.21. The van der Waals surface area contributed by atoms with E-state index >= 15 is 0 Å². The zero-order chi connectivity index (χ0) is 17.3. The number of nitrogens with zero attached hydrogens (tertiary/aromatic N) is 1. The van der Waals surface area contributed by atoms with Crippen molar-refractivity contribution in [3.05, 3.63) is 22.8 Å². The first-order valence-corrected chi connectivity index (χ1v) is 8.38. The van der Waals surface area contributed by atoms with E-state index in [4.69, 9.17) is 0 Å². The van der Waals surface area contributed by atoms with Crippen LogP contribution in [0, 0.1) is 0 Å². The Balaban J connectivity index is 1.95. The lowest BCUT2D eigenvalue weighted by Gasteiger charge is -2.46. The third-order valence-corrected chi connectivity index (χ3v) is 4.17. The van der Waals surface area contributed by atoms with Gasteiger partial charge in [0.25, 0.3) is 0 Å². The molecule has 1 aliphatic rings. The minimum atomic E-state index is -0.700. The van der Waals surface area contributed by atoms with E-state index < -0.39 is 11.8 Å². The first kappa shape index (κ1) is 17.9. The zero-order valence-corrected chi connectivity index (χ0v) is 15.5. The summed E-state index contributed by atoms with van der Waals surface area (Å²) in [6.07, 6.45) is 3.10. The number of rotatable bonds is 2. The van der Waals surface area contributed by atoms with Gasteiger partial charge in [0.15, 0.2) is 0 Å². The second-order valence-corrected chi connectivity index (χ2v) is 8.20. The average Bonchev–Trinajstić information content (AvgIpc) is 2.37. The molecule has 0 radical (unpaired) electrons. The van der Waals surface area contributed by atoms with Gasteiger partial charge in [-0.1, -0.05) is 0 Å². The van der Waals surface area contributed by atoms with E-state index in [9.17, 15) is 9.59 Å². The standard InChI is InChI=1S/C16H23BrN4O2/c1-15(2)7-11(8-16(3,4)21-15)19-13(22)14(23)20-12-6-5-10(17)9-18-12/h5-6,9,11,21H,7-8H2,1-4H3,(H,19,22)(H,18,20,23). The summed E-state index contributed by atoms with van der Waals surface area (Å²) in [6.45, 7) is 8.38. The van der Waals surface area contributed by atoms with Gasteiger partial charge < -0.3 is 16.0 Å². The lowest BCUT2D eigenvalue weighted by atomic mass is 9.79.